The first kappa shape index (κ1) is 24.4. The molecule has 3 rings (SSSR count). The minimum Gasteiger partial charge on any atom is -0.371 e. The molecule has 0 radical (unpaired) electrons. The van der Waals surface area contributed by atoms with Gasteiger partial charge in [0, 0.05) is 37.9 Å². The highest BCUT2D eigenvalue weighted by molar-refractivity contribution is 7.92. The van der Waals surface area contributed by atoms with Gasteiger partial charge in [-0.1, -0.05) is 0 Å². The summed E-state index contributed by atoms with van der Waals surface area (Å²) in [6.45, 7) is 1.59. The number of tetrazole rings is 1. The van der Waals surface area contributed by atoms with Gasteiger partial charge in [-0.2, -0.15) is 5.21 Å². The fourth-order valence-electron chi connectivity index (χ4n) is 3.58. The lowest BCUT2D eigenvalue weighted by Crippen LogP contribution is -2.42. The summed E-state index contributed by atoms with van der Waals surface area (Å²) in [7, 11) is -8.86. The summed E-state index contributed by atoms with van der Waals surface area (Å²) in [5, 5.41) is 19.0. The van der Waals surface area contributed by atoms with Crippen LogP contribution in [0.5, 0.6) is 0 Å². The van der Waals surface area contributed by atoms with Gasteiger partial charge in [-0.15, -0.1) is 10.2 Å². The molecule has 0 unspecified atom stereocenters. The average Bonchev–Trinajstić information content (AvgIpc) is 3.30. The summed E-state index contributed by atoms with van der Waals surface area (Å²) in [6.07, 6.45) is 1.59. The van der Waals surface area contributed by atoms with Crippen molar-refractivity contribution in [3.8, 4) is 11.4 Å². The molecular formula is C16H28N10O4S2. The van der Waals surface area contributed by atoms with E-state index in [0.717, 1.165) is 12.8 Å². The number of hydrogen-bond donors (Lipinski definition) is 6. The van der Waals surface area contributed by atoms with Crippen molar-refractivity contribution in [1.29, 1.82) is 0 Å². The van der Waals surface area contributed by atoms with Crippen molar-refractivity contribution < 1.29 is 16.8 Å². The monoisotopic (exact) mass is 488 g/mol. The number of nitrogens with two attached hydrogens (primary N) is 4. The molecule has 1 aromatic carbocycles. The van der Waals surface area contributed by atoms with Gasteiger partial charge in [-0.25, -0.2) is 26.7 Å². The van der Waals surface area contributed by atoms with Crippen molar-refractivity contribution in [1.82, 2.24) is 25.3 Å². The topological polar surface area (TPSA) is 242 Å². The third kappa shape index (κ3) is 5.22. The van der Waals surface area contributed by atoms with Crippen LogP contribution >= 0.6 is 0 Å². The van der Waals surface area contributed by atoms with Gasteiger partial charge in [0.25, 0.3) is 0 Å². The Labute approximate surface area is 186 Å². The van der Waals surface area contributed by atoms with Crippen LogP contribution in [-0.4, -0.2) is 76.2 Å². The number of H-pyrrole nitrogens is 1. The van der Waals surface area contributed by atoms with Crippen LogP contribution in [0.15, 0.2) is 21.9 Å². The number of rotatable bonds is 9. The van der Waals surface area contributed by atoms with Gasteiger partial charge in [0.15, 0.2) is 0 Å². The van der Waals surface area contributed by atoms with Gasteiger partial charge in [0.2, 0.25) is 25.9 Å². The quantitative estimate of drug-likeness (QED) is 0.211. The van der Waals surface area contributed by atoms with Crippen LogP contribution in [0.25, 0.3) is 11.4 Å². The third-order valence-electron chi connectivity index (χ3n) is 5.37. The second kappa shape index (κ2) is 9.74. The minimum atomic E-state index is -4.54. The zero-order valence-corrected chi connectivity index (χ0v) is 18.9. The highest BCUT2D eigenvalue weighted by Gasteiger charge is 2.34. The lowest BCUT2D eigenvalue weighted by molar-refractivity contribution is 0.414. The summed E-state index contributed by atoms with van der Waals surface area (Å²) >= 11 is 0. The minimum absolute atomic E-state index is 0.0381. The maximum absolute atomic E-state index is 13.0. The van der Waals surface area contributed by atoms with Gasteiger partial charge in [0.1, 0.15) is 9.79 Å². The summed E-state index contributed by atoms with van der Waals surface area (Å²) < 4.78 is 53.6. The molecule has 14 nitrogen and oxygen atoms in total. The highest BCUT2D eigenvalue weighted by Crippen LogP contribution is 2.39. The molecule has 2 heterocycles. The van der Waals surface area contributed by atoms with Gasteiger partial charge in [-0.3, -0.25) is 0 Å². The first-order chi connectivity index (χ1) is 15.1. The van der Waals surface area contributed by atoms with Crippen molar-refractivity contribution in [2.24, 2.45) is 28.3 Å². The van der Waals surface area contributed by atoms with Gasteiger partial charge >= 0.3 is 0 Å². The van der Waals surface area contributed by atoms with E-state index in [9.17, 15) is 16.8 Å². The van der Waals surface area contributed by atoms with E-state index in [1.54, 1.807) is 0 Å². The van der Waals surface area contributed by atoms with E-state index in [1.807, 2.05) is 4.90 Å². The Morgan fingerprint density at radius 2 is 1.88 bits per heavy atom. The number of anilines is 1. The Morgan fingerprint density at radius 3 is 2.41 bits per heavy atom. The number of hydrogen-bond acceptors (Lipinski definition) is 11. The van der Waals surface area contributed by atoms with E-state index >= 15 is 0 Å². The van der Waals surface area contributed by atoms with Crippen molar-refractivity contribution in [3.05, 3.63) is 12.1 Å². The smallest absolute Gasteiger partial charge is 0.242 e. The van der Waals surface area contributed by atoms with Crippen molar-refractivity contribution >= 4 is 25.7 Å². The number of piperidine rings is 1. The number of aromatic amines is 1. The van der Waals surface area contributed by atoms with Crippen molar-refractivity contribution in [2.75, 3.05) is 37.6 Å². The van der Waals surface area contributed by atoms with E-state index in [4.69, 9.17) is 22.3 Å². The van der Waals surface area contributed by atoms with Gasteiger partial charge in [0.05, 0.1) is 5.56 Å². The lowest BCUT2D eigenvalue weighted by atomic mass is 9.96. The van der Waals surface area contributed by atoms with E-state index < -0.39 is 35.9 Å². The van der Waals surface area contributed by atoms with Crippen LogP contribution in [0.4, 0.5) is 5.69 Å². The van der Waals surface area contributed by atoms with Crippen molar-refractivity contribution in [3.63, 3.8) is 0 Å². The molecule has 1 aliphatic rings. The van der Waals surface area contributed by atoms with Crippen LogP contribution in [0.2, 0.25) is 0 Å². The molecule has 0 spiro atoms. The Morgan fingerprint density at radius 1 is 1.19 bits per heavy atom. The van der Waals surface area contributed by atoms with E-state index in [0.29, 0.717) is 31.2 Å². The Hall–Kier alpha value is -2.21. The number of aromatic nitrogens is 4. The van der Waals surface area contributed by atoms with Crippen LogP contribution in [0.1, 0.15) is 12.8 Å². The van der Waals surface area contributed by atoms with Crippen LogP contribution in [0.3, 0.4) is 0 Å². The van der Waals surface area contributed by atoms with Crippen LogP contribution < -0.4 is 32.0 Å². The van der Waals surface area contributed by atoms with E-state index in [1.165, 1.54) is 12.1 Å². The van der Waals surface area contributed by atoms with Crippen LogP contribution in [0, 0.1) is 5.92 Å². The Bertz CT molecular complexity index is 1130. The van der Waals surface area contributed by atoms with Gasteiger partial charge < -0.3 is 22.1 Å². The first-order valence-corrected chi connectivity index (χ1v) is 13.0. The molecular weight excluding hydrogens is 460 g/mol. The predicted molar refractivity (Wildman–Crippen MR) is 117 cm³/mol. The molecule has 2 aromatic rings. The second-order valence-corrected chi connectivity index (χ2v) is 10.8. The van der Waals surface area contributed by atoms with E-state index in [2.05, 4.69) is 25.3 Å². The maximum Gasteiger partial charge on any atom is 0.242 e. The number of primary sulfonamides is 1. The Balaban J connectivity index is 2.18. The molecule has 1 aromatic heterocycles. The molecule has 178 valence electrons. The Kier molecular flexibility index (Phi) is 7.43. The molecule has 0 saturated carbocycles. The molecule has 10 N–H and O–H groups in total. The largest absolute Gasteiger partial charge is 0.371 e. The van der Waals surface area contributed by atoms with E-state index in [-0.39, 0.29) is 24.5 Å². The summed E-state index contributed by atoms with van der Waals surface area (Å²) in [5.74, 6) is 0.258. The molecule has 1 saturated heterocycles. The molecule has 1 aliphatic heterocycles. The third-order valence-corrected chi connectivity index (χ3v) is 7.96. The zero-order valence-electron chi connectivity index (χ0n) is 17.3. The zero-order chi connectivity index (χ0) is 23.5. The maximum atomic E-state index is 13.0. The predicted octanol–water partition coefficient (Wildman–Crippen LogP) is -2.75. The molecule has 1 atom stereocenters. The molecule has 0 bridgehead atoms. The van der Waals surface area contributed by atoms with Crippen LogP contribution in [-0.2, 0) is 20.0 Å². The first-order valence-electron chi connectivity index (χ1n) is 9.92. The normalized spacial score (nSPS) is 16.9. The second-order valence-electron chi connectivity index (χ2n) is 7.58. The summed E-state index contributed by atoms with van der Waals surface area (Å²) in [5.41, 5.74) is 17.3. The standard InChI is InChI=1S/C16H28N10O4S2/c17-7-10-3-5-26(6-4-10)12-1-2-13(32(29,30)21-9-11(19)8-18)15(31(20,27)28)14(12)16-22-24-25-23-16/h1-2,10-11,21H,3-9,17-19H2,(H2,20,27,28)(H,22,23,24,25)/t11-/m0/s1. The lowest BCUT2D eigenvalue weighted by Gasteiger charge is -2.34. The highest BCUT2D eigenvalue weighted by atomic mass is 32.2. The molecule has 0 amide bonds. The summed E-state index contributed by atoms with van der Waals surface area (Å²) in [6, 6.07) is 2.06. The number of sulfonamides is 2. The van der Waals surface area contributed by atoms with Crippen molar-refractivity contribution in [2.45, 2.75) is 28.7 Å². The fraction of sp³-hybridized carbons (Fsp3) is 0.562. The molecule has 32 heavy (non-hydrogen) atoms. The average molecular weight is 489 g/mol. The molecule has 1 fully saturated rings. The molecule has 16 heteroatoms. The number of benzene rings is 1. The summed E-state index contributed by atoms with van der Waals surface area (Å²) in [4.78, 5) is 0.775. The SMILES string of the molecule is NCC1CCN(c2ccc(S(=O)(=O)NC[C@@H](N)CN)c(S(N)(=O)=O)c2-c2nn[nH]n2)CC1. The molecule has 0 aliphatic carbocycles. The number of nitrogens with one attached hydrogen (secondary N) is 2. The van der Waals surface area contributed by atoms with Gasteiger partial charge in [-0.05, 0) is 42.7 Å². The number of nitrogens with zero attached hydrogens (tertiary/aromatic N) is 4. The fourth-order valence-corrected chi connectivity index (χ4v) is 6.27.